The van der Waals surface area contributed by atoms with E-state index < -0.39 is 0 Å². The summed E-state index contributed by atoms with van der Waals surface area (Å²) in [6.07, 6.45) is 4.92. The van der Waals surface area contributed by atoms with Gasteiger partial charge in [-0.15, -0.1) is 10.2 Å². The molecule has 0 aliphatic carbocycles. The number of pyridine rings is 1. The van der Waals surface area contributed by atoms with Crippen LogP contribution in [0.4, 0.5) is 0 Å². The number of carbonyl (C=O) groups excluding carboxylic acids is 1. The van der Waals surface area contributed by atoms with E-state index in [0.29, 0.717) is 5.16 Å². The number of rotatable bonds is 7. The molecule has 7 nitrogen and oxygen atoms in total. The lowest BCUT2D eigenvalue weighted by Crippen LogP contribution is -2.20. The van der Waals surface area contributed by atoms with Crippen molar-refractivity contribution in [2.24, 2.45) is 5.10 Å². The van der Waals surface area contributed by atoms with Crippen molar-refractivity contribution in [2.75, 3.05) is 5.75 Å². The number of amides is 1. The van der Waals surface area contributed by atoms with Crippen LogP contribution in [0.1, 0.15) is 18.1 Å². The first-order chi connectivity index (χ1) is 13.2. The molecule has 27 heavy (non-hydrogen) atoms. The molecule has 0 atom stereocenters. The van der Waals surface area contributed by atoms with E-state index in [1.54, 1.807) is 30.7 Å². The van der Waals surface area contributed by atoms with Crippen molar-refractivity contribution >= 4 is 23.9 Å². The maximum Gasteiger partial charge on any atom is 0.250 e. The van der Waals surface area contributed by atoms with Crippen molar-refractivity contribution in [3.05, 3.63) is 59.9 Å². The van der Waals surface area contributed by atoms with Crippen molar-refractivity contribution in [3.8, 4) is 11.4 Å². The maximum absolute atomic E-state index is 12.0. The molecule has 0 aliphatic heterocycles. The molecule has 138 valence electrons. The predicted molar refractivity (Wildman–Crippen MR) is 107 cm³/mol. The average molecular weight is 380 g/mol. The summed E-state index contributed by atoms with van der Waals surface area (Å²) < 4.78 is 2.00. The number of nitrogens with one attached hydrogen (secondary N) is 1. The quantitative estimate of drug-likeness (QED) is 0.387. The van der Waals surface area contributed by atoms with Crippen LogP contribution in [0.3, 0.4) is 0 Å². The molecule has 1 amide bonds. The van der Waals surface area contributed by atoms with Gasteiger partial charge in [0.05, 0.1) is 12.0 Å². The SMILES string of the molecule is CCn1c(SCC(=O)N/N=C/c2ccncc2)nnc1-c1ccc(C)cc1. The number of carbonyl (C=O) groups is 1. The van der Waals surface area contributed by atoms with Gasteiger partial charge in [0.15, 0.2) is 11.0 Å². The van der Waals surface area contributed by atoms with E-state index in [0.717, 1.165) is 23.5 Å². The zero-order valence-electron chi connectivity index (χ0n) is 15.2. The lowest BCUT2D eigenvalue weighted by atomic mass is 10.1. The summed E-state index contributed by atoms with van der Waals surface area (Å²) in [4.78, 5) is 15.9. The van der Waals surface area contributed by atoms with Gasteiger partial charge in [0.25, 0.3) is 5.91 Å². The molecular formula is C19H20N6OS. The normalized spacial score (nSPS) is 11.0. The van der Waals surface area contributed by atoms with Gasteiger partial charge in [0, 0.05) is 24.5 Å². The van der Waals surface area contributed by atoms with Crippen LogP contribution in [-0.2, 0) is 11.3 Å². The number of aryl methyl sites for hydroxylation is 1. The average Bonchev–Trinajstić information content (AvgIpc) is 3.10. The van der Waals surface area contributed by atoms with Crippen molar-refractivity contribution < 1.29 is 4.79 Å². The van der Waals surface area contributed by atoms with E-state index in [-0.39, 0.29) is 11.7 Å². The zero-order chi connectivity index (χ0) is 19.1. The van der Waals surface area contributed by atoms with Crippen molar-refractivity contribution in [2.45, 2.75) is 25.5 Å². The summed E-state index contributed by atoms with van der Waals surface area (Å²) in [7, 11) is 0. The highest BCUT2D eigenvalue weighted by molar-refractivity contribution is 7.99. The lowest BCUT2D eigenvalue weighted by Gasteiger charge is -2.07. The minimum absolute atomic E-state index is 0.201. The second-order valence-corrected chi connectivity index (χ2v) is 6.72. The number of hydrazone groups is 1. The highest BCUT2D eigenvalue weighted by atomic mass is 32.2. The summed E-state index contributed by atoms with van der Waals surface area (Å²) in [5.41, 5.74) is 5.58. The molecule has 0 aliphatic rings. The Bertz CT molecular complexity index is 921. The summed E-state index contributed by atoms with van der Waals surface area (Å²) >= 11 is 1.34. The third-order valence-corrected chi connectivity index (χ3v) is 4.75. The standard InChI is InChI=1S/C19H20N6OS/c1-3-25-18(16-6-4-14(2)5-7-16)23-24-19(25)27-13-17(26)22-21-12-15-8-10-20-11-9-15/h4-12H,3,13H2,1-2H3,(H,22,26)/b21-12+. The Labute approximate surface area is 161 Å². The van der Waals surface area contributed by atoms with E-state index in [4.69, 9.17) is 0 Å². The largest absolute Gasteiger partial charge is 0.302 e. The molecule has 0 fully saturated rings. The van der Waals surface area contributed by atoms with E-state index in [1.807, 2.05) is 42.7 Å². The van der Waals surface area contributed by atoms with Crippen LogP contribution in [-0.4, -0.2) is 37.6 Å². The van der Waals surface area contributed by atoms with Gasteiger partial charge in [-0.3, -0.25) is 9.78 Å². The Morgan fingerprint density at radius 3 is 2.63 bits per heavy atom. The number of hydrogen-bond donors (Lipinski definition) is 1. The molecule has 1 N–H and O–H groups in total. The number of aromatic nitrogens is 4. The van der Waals surface area contributed by atoms with Gasteiger partial charge >= 0.3 is 0 Å². The molecule has 0 radical (unpaired) electrons. The first-order valence-corrected chi connectivity index (χ1v) is 9.51. The van der Waals surface area contributed by atoms with Gasteiger partial charge in [-0.05, 0) is 31.5 Å². The molecule has 1 aromatic carbocycles. The number of nitrogens with zero attached hydrogens (tertiary/aromatic N) is 5. The van der Waals surface area contributed by atoms with E-state index in [9.17, 15) is 4.79 Å². The molecule has 0 saturated heterocycles. The topological polar surface area (TPSA) is 85.1 Å². The first-order valence-electron chi connectivity index (χ1n) is 8.52. The van der Waals surface area contributed by atoms with E-state index in [1.165, 1.54) is 17.3 Å². The fraction of sp³-hybridized carbons (Fsp3) is 0.211. The Kier molecular flexibility index (Phi) is 6.32. The highest BCUT2D eigenvalue weighted by Crippen LogP contribution is 2.24. The molecule has 8 heteroatoms. The monoisotopic (exact) mass is 380 g/mol. The molecule has 3 rings (SSSR count). The van der Waals surface area contributed by atoms with Crippen LogP contribution in [0.5, 0.6) is 0 Å². The summed E-state index contributed by atoms with van der Waals surface area (Å²) in [6, 6.07) is 11.8. The number of benzene rings is 1. The van der Waals surface area contributed by atoms with Gasteiger partial charge in [-0.25, -0.2) is 5.43 Å². The van der Waals surface area contributed by atoms with Crippen LogP contribution in [0.25, 0.3) is 11.4 Å². The Balaban J connectivity index is 1.60. The van der Waals surface area contributed by atoms with Crippen LogP contribution in [0.2, 0.25) is 0 Å². The lowest BCUT2D eigenvalue weighted by molar-refractivity contribution is -0.118. The van der Waals surface area contributed by atoms with Gasteiger partial charge in [0.1, 0.15) is 0 Å². The van der Waals surface area contributed by atoms with Crippen LogP contribution in [0.15, 0.2) is 59.0 Å². The third-order valence-electron chi connectivity index (χ3n) is 3.78. The molecule has 0 bridgehead atoms. The Hall–Kier alpha value is -3.00. The van der Waals surface area contributed by atoms with Crippen molar-refractivity contribution in [3.63, 3.8) is 0 Å². The van der Waals surface area contributed by atoms with Crippen LogP contribution >= 0.6 is 11.8 Å². The highest BCUT2D eigenvalue weighted by Gasteiger charge is 2.14. The zero-order valence-corrected chi connectivity index (χ0v) is 16.0. The molecular weight excluding hydrogens is 360 g/mol. The van der Waals surface area contributed by atoms with Gasteiger partial charge in [0.2, 0.25) is 0 Å². The third kappa shape index (κ3) is 5.01. The maximum atomic E-state index is 12.0. The molecule has 2 aromatic heterocycles. The van der Waals surface area contributed by atoms with Gasteiger partial charge < -0.3 is 4.57 Å². The first kappa shape index (κ1) is 18.8. The predicted octanol–water partition coefficient (Wildman–Crippen LogP) is 2.91. The molecule has 0 unspecified atom stereocenters. The Morgan fingerprint density at radius 1 is 1.19 bits per heavy atom. The molecule has 0 saturated carbocycles. The van der Waals surface area contributed by atoms with Crippen LogP contribution in [0, 0.1) is 6.92 Å². The van der Waals surface area contributed by atoms with Crippen LogP contribution < -0.4 is 5.43 Å². The molecule has 0 spiro atoms. The van der Waals surface area contributed by atoms with Crippen molar-refractivity contribution in [1.29, 1.82) is 0 Å². The second-order valence-electron chi connectivity index (χ2n) is 5.78. The van der Waals surface area contributed by atoms with E-state index in [2.05, 4.69) is 25.7 Å². The van der Waals surface area contributed by atoms with Crippen molar-refractivity contribution in [1.82, 2.24) is 25.2 Å². The van der Waals surface area contributed by atoms with Gasteiger partial charge in [-0.1, -0.05) is 41.6 Å². The smallest absolute Gasteiger partial charge is 0.250 e. The summed E-state index contributed by atoms with van der Waals surface area (Å²) in [5, 5.41) is 13.2. The fourth-order valence-corrected chi connectivity index (χ4v) is 3.18. The number of thioether (sulfide) groups is 1. The van der Waals surface area contributed by atoms with Gasteiger partial charge in [-0.2, -0.15) is 5.10 Å². The Morgan fingerprint density at radius 2 is 1.93 bits per heavy atom. The molecule has 2 heterocycles. The number of hydrogen-bond acceptors (Lipinski definition) is 6. The summed E-state index contributed by atoms with van der Waals surface area (Å²) in [5.74, 6) is 0.809. The minimum Gasteiger partial charge on any atom is -0.302 e. The van der Waals surface area contributed by atoms with E-state index >= 15 is 0 Å². The second kappa shape index (κ2) is 9.09. The molecule has 3 aromatic rings. The fourth-order valence-electron chi connectivity index (χ4n) is 2.39. The minimum atomic E-state index is -0.201. The summed E-state index contributed by atoms with van der Waals surface area (Å²) in [6.45, 7) is 4.80.